The van der Waals surface area contributed by atoms with Gasteiger partial charge in [0.1, 0.15) is 0 Å². The predicted octanol–water partition coefficient (Wildman–Crippen LogP) is 1.48. The Hall–Kier alpha value is -2.41. The Labute approximate surface area is 130 Å². The summed E-state index contributed by atoms with van der Waals surface area (Å²) in [5.41, 5.74) is 0.433. The van der Waals surface area contributed by atoms with E-state index in [1.165, 1.54) is 7.11 Å². The summed E-state index contributed by atoms with van der Waals surface area (Å²) >= 11 is 0. The summed E-state index contributed by atoms with van der Waals surface area (Å²) in [6.07, 6.45) is 3.33. The fourth-order valence-corrected chi connectivity index (χ4v) is 0.620. The summed E-state index contributed by atoms with van der Waals surface area (Å²) in [6, 6.07) is 0. The molecule has 0 radical (unpaired) electrons. The molecule has 7 heteroatoms. The minimum atomic E-state index is -0.981. The fraction of sp³-hybridized carbons (Fsp3) is 0.400. The molecule has 0 aliphatic heterocycles. The number of aliphatic hydroxyl groups is 1. The topological polar surface area (TPSA) is 110 Å². The molecule has 7 nitrogen and oxygen atoms in total. The number of methoxy groups -OCH3 is 1. The molecule has 0 saturated carbocycles. The van der Waals surface area contributed by atoms with Crippen molar-refractivity contribution in [1.82, 2.24) is 0 Å². The van der Waals surface area contributed by atoms with Gasteiger partial charge < -0.3 is 19.7 Å². The van der Waals surface area contributed by atoms with E-state index in [1.807, 2.05) is 0 Å². The van der Waals surface area contributed by atoms with Gasteiger partial charge in [0.15, 0.2) is 0 Å². The maximum Gasteiger partial charge on any atom is 0.332 e. The Morgan fingerprint density at radius 2 is 1.64 bits per heavy atom. The summed E-state index contributed by atoms with van der Waals surface area (Å²) in [5, 5.41) is 15.9. The summed E-state index contributed by atoms with van der Waals surface area (Å²) in [6.45, 7) is 11.7. The zero-order chi connectivity index (χ0) is 18.0. The molecule has 0 aliphatic carbocycles. The lowest BCUT2D eigenvalue weighted by Crippen LogP contribution is -2.02. The molecule has 0 spiro atoms. The van der Waals surface area contributed by atoms with Crippen LogP contribution in [0.1, 0.15) is 19.8 Å². The average molecular weight is 316 g/mol. The maximum atomic E-state index is 10.4. The highest BCUT2D eigenvalue weighted by molar-refractivity contribution is 5.86. The van der Waals surface area contributed by atoms with Crippen LogP contribution in [0.3, 0.4) is 0 Å². The molecule has 0 aromatic heterocycles. The molecule has 22 heavy (non-hydrogen) atoms. The van der Waals surface area contributed by atoms with Crippen molar-refractivity contribution in [3.8, 4) is 0 Å². The number of carbonyl (C=O) groups excluding carboxylic acids is 2. The smallest absolute Gasteiger partial charge is 0.332 e. The van der Waals surface area contributed by atoms with Gasteiger partial charge in [-0.1, -0.05) is 19.7 Å². The van der Waals surface area contributed by atoms with Crippen molar-refractivity contribution in [3.63, 3.8) is 0 Å². The van der Waals surface area contributed by atoms with E-state index < -0.39 is 11.9 Å². The van der Waals surface area contributed by atoms with Crippen molar-refractivity contribution >= 4 is 17.9 Å². The lowest BCUT2D eigenvalue weighted by Gasteiger charge is -1.98. The Morgan fingerprint density at radius 1 is 1.14 bits per heavy atom. The van der Waals surface area contributed by atoms with Crippen molar-refractivity contribution in [1.29, 1.82) is 0 Å². The number of esters is 2. The van der Waals surface area contributed by atoms with Gasteiger partial charge in [0.25, 0.3) is 0 Å². The summed E-state index contributed by atoms with van der Waals surface area (Å²) in [4.78, 5) is 29.8. The first-order chi connectivity index (χ1) is 10.3. The molecule has 0 atom stereocenters. The van der Waals surface area contributed by atoms with Gasteiger partial charge >= 0.3 is 17.9 Å². The van der Waals surface area contributed by atoms with E-state index in [0.717, 1.165) is 12.2 Å². The van der Waals surface area contributed by atoms with Gasteiger partial charge in [-0.15, -0.1) is 0 Å². The van der Waals surface area contributed by atoms with Crippen molar-refractivity contribution in [2.24, 2.45) is 0 Å². The van der Waals surface area contributed by atoms with Crippen molar-refractivity contribution < 1.29 is 34.1 Å². The standard InChI is InChI=1S/C7H12O3.C5H8O2.C3H4O2/c1-2-7(9)10-6-4-3-5-8;1-4(2)5(6)7-3;1-2-3(4)5/h2,8H,1,3-6H2;1H2,2-3H3;2H,1H2,(H,4,5). The zero-order valence-corrected chi connectivity index (χ0v) is 13.0. The van der Waals surface area contributed by atoms with Crippen molar-refractivity contribution in [2.75, 3.05) is 20.3 Å². The molecule has 0 amide bonds. The molecule has 0 saturated heterocycles. The number of aliphatic hydroxyl groups excluding tert-OH is 1. The molecule has 0 unspecified atom stereocenters. The monoisotopic (exact) mass is 316 g/mol. The predicted molar refractivity (Wildman–Crippen MR) is 82.1 cm³/mol. The first kappa shape index (κ1) is 24.6. The minimum absolute atomic E-state index is 0.144. The SMILES string of the molecule is C=C(C)C(=O)OC.C=CC(=O)O.C=CC(=O)OCCCCO. The molecule has 0 aliphatic rings. The molecule has 0 rings (SSSR count). The number of unbranched alkanes of at least 4 members (excludes halogenated alkanes) is 1. The molecule has 2 N–H and O–H groups in total. The summed E-state index contributed by atoms with van der Waals surface area (Å²) in [7, 11) is 1.33. The van der Waals surface area contributed by atoms with Crippen LogP contribution in [0.2, 0.25) is 0 Å². The third-order valence-corrected chi connectivity index (χ3v) is 1.67. The molecular formula is C15H24O7. The number of hydrogen-bond donors (Lipinski definition) is 2. The van der Waals surface area contributed by atoms with Gasteiger partial charge in [0, 0.05) is 24.3 Å². The highest BCUT2D eigenvalue weighted by atomic mass is 16.5. The Morgan fingerprint density at radius 3 is 1.86 bits per heavy atom. The molecule has 0 bridgehead atoms. The van der Waals surface area contributed by atoms with Gasteiger partial charge in [-0.05, 0) is 19.8 Å². The van der Waals surface area contributed by atoms with E-state index in [2.05, 4.69) is 29.2 Å². The number of carboxylic acid groups (broad SMARTS) is 1. The van der Waals surface area contributed by atoms with E-state index in [1.54, 1.807) is 6.92 Å². The average Bonchev–Trinajstić information content (AvgIpc) is 2.51. The van der Waals surface area contributed by atoms with E-state index in [9.17, 15) is 14.4 Å². The third kappa shape index (κ3) is 26.2. The van der Waals surface area contributed by atoms with Crippen LogP contribution in [0.5, 0.6) is 0 Å². The normalized spacial score (nSPS) is 7.95. The van der Waals surface area contributed by atoms with E-state index in [4.69, 9.17) is 10.2 Å². The Balaban J connectivity index is -0.000000263. The number of aliphatic carboxylic acids is 1. The fourth-order valence-electron chi connectivity index (χ4n) is 0.620. The zero-order valence-electron chi connectivity index (χ0n) is 13.0. The van der Waals surface area contributed by atoms with Crippen molar-refractivity contribution in [2.45, 2.75) is 19.8 Å². The lowest BCUT2D eigenvalue weighted by atomic mass is 10.3. The van der Waals surface area contributed by atoms with Crippen LogP contribution in [0.25, 0.3) is 0 Å². The second-order valence-electron chi connectivity index (χ2n) is 3.62. The highest BCUT2D eigenvalue weighted by Crippen LogP contribution is 1.89. The quantitative estimate of drug-likeness (QED) is 0.416. The number of rotatable bonds is 7. The van der Waals surface area contributed by atoms with E-state index in [0.29, 0.717) is 25.0 Å². The Bertz CT molecular complexity index is 372. The highest BCUT2D eigenvalue weighted by Gasteiger charge is 1.95. The summed E-state index contributed by atoms with van der Waals surface area (Å²) in [5.74, 6) is -1.73. The molecule has 0 heterocycles. The van der Waals surface area contributed by atoms with Gasteiger partial charge in [0.2, 0.25) is 0 Å². The van der Waals surface area contributed by atoms with E-state index in [-0.39, 0.29) is 12.6 Å². The van der Waals surface area contributed by atoms with Gasteiger partial charge in [0.05, 0.1) is 13.7 Å². The van der Waals surface area contributed by atoms with E-state index >= 15 is 0 Å². The number of carbonyl (C=O) groups is 3. The lowest BCUT2D eigenvalue weighted by molar-refractivity contribution is -0.138. The third-order valence-electron chi connectivity index (χ3n) is 1.67. The van der Waals surface area contributed by atoms with Crippen molar-refractivity contribution in [3.05, 3.63) is 37.5 Å². The van der Waals surface area contributed by atoms with Crippen LogP contribution in [-0.4, -0.2) is 48.4 Å². The number of ether oxygens (including phenoxy) is 2. The number of hydrogen-bond acceptors (Lipinski definition) is 6. The minimum Gasteiger partial charge on any atom is -0.478 e. The van der Waals surface area contributed by atoms with Gasteiger partial charge in [-0.25, -0.2) is 14.4 Å². The Kier molecular flexibility index (Phi) is 20.8. The van der Waals surface area contributed by atoms with Gasteiger partial charge in [-0.3, -0.25) is 0 Å². The molecule has 0 aromatic rings. The second kappa shape index (κ2) is 18.6. The molecule has 126 valence electrons. The van der Waals surface area contributed by atoms with Crippen LogP contribution in [0.4, 0.5) is 0 Å². The first-order valence-corrected chi connectivity index (χ1v) is 6.25. The van der Waals surface area contributed by atoms with Crippen LogP contribution in [0.15, 0.2) is 37.5 Å². The number of carboxylic acids is 1. The van der Waals surface area contributed by atoms with Gasteiger partial charge in [-0.2, -0.15) is 0 Å². The maximum absolute atomic E-state index is 10.4. The second-order valence-corrected chi connectivity index (χ2v) is 3.62. The molecule has 0 aromatic carbocycles. The largest absolute Gasteiger partial charge is 0.478 e. The van der Waals surface area contributed by atoms with Crippen LogP contribution < -0.4 is 0 Å². The molecule has 0 fully saturated rings. The summed E-state index contributed by atoms with van der Waals surface area (Å²) < 4.78 is 8.90. The van der Waals surface area contributed by atoms with Crippen LogP contribution in [0, 0.1) is 0 Å². The van der Waals surface area contributed by atoms with Crippen LogP contribution >= 0.6 is 0 Å². The van der Waals surface area contributed by atoms with Crippen LogP contribution in [-0.2, 0) is 23.9 Å². The first-order valence-electron chi connectivity index (χ1n) is 6.25. The molecular weight excluding hydrogens is 292 g/mol.